The Hall–Kier alpha value is -2.15. The van der Waals surface area contributed by atoms with Crippen molar-refractivity contribution >= 4 is 44.2 Å². The van der Waals surface area contributed by atoms with Crippen molar-refractivity contribution in [2.45, 2.75) is 6.42 Å². The molecule has 0 aliphatic carbocycles. The summed E-state index contributed by atoms with van der Waals surface area (Å²) < 4.78 is 6.30. The van der Waals surface area contributed by atoms with Crippen molar-refractivity contribution < 1.29 is 9.53 Å². The molecular formula is C20H22ClN3O2S. The molecule has 0 aliphatic heterocycles. The van der Waals surface area contributed by atoms with Gasteiger partial charge in [-0.1, -0.05) is 22.9 Å². The summed E-state index contributed by atoms with van der Waals surface area (Å²) in [5, 5.41) is 1.30. The van der Waals surface area contributed by atoms with E-state index in [-0.39, 0.29) is 5.91 Å². The fourth-order valence-corrected chi connectivity index (χ4v) is 3.81. The highest BCUT2D eigenvalue weighted by atomic mass is 35.5. The lowest BCUT2D eigenvalue weighted by Crippen LogP contribution is -2.33. The summed E-state index contributed by atoms with van der Waals surface area (Å²) in [5.74, 6) is 0.680. The van der Waals surface area contributed by atoms with Crippen LogP contribution in [0.25, 0.3) is 10.2 Å². The Morgan fingerprint density at radius 3 is 2.56 bits per heavy atom. The van der Waals surface area contributed by atoms with Gasteiger partial charge in [-0.05, 0) is 63.5 Å². The molecule has 142 valence electrons. The number of ether oxygens (including phenoxy) is 1. The van der Waals surface area contributed by atoms with Crippen molar-refractivity contribution in [2.75, 3.05) is 39.2 Å². The van der Waals surface area contributed by atoms with Crippen LogP contribution in [0.1, 0.15) is 16.8 Å². The Balaban J connectivity index is 1.93. The van der Waals surface area contributed by atoms with Crippen LogP contribution in [0.4, 0.5) is 5.13 Å². The van der Waals surface area contributed by atoms with Crippen molar-refractivity contribution in [1.29, 1.82) is 0 Å². The first kappa shape index (κ1) is 19.6. The van der Waals surface area contributed by atoms with Crippen LogP contribution in [-0.2, 0) is 0 Å². The molecule has 0 aliphatic rings. The van der Waals surface area contributed by atoms with E-state index >= 15 is 0 Å². The SMILES string of the molecule is COc1ccc2sc(N(CCCN(C)C)C(=O)c3ccc(Cl)cc3)nc2c1. The van der Waals surface area contributed by atoms with Crippen LogP contribution in [0.15, 0.2) is 42.5 Å². The summed E-state index contributed by atoms with van der Waals surface area (Å²) in [6, 6.07) is 12.7. The quantitative estimate of drug-likeness (QED) is 0.580. The van der Waals surface area contributed by atoms with Crippen LogP contribution in [0, 0.1) is 0 Å². The van der Waals surface area contributed by atoms with Gasteiger partial charge in [0.05, 0.1) is 17.3 Å². The van der Waals surface area contributed by atoms with Gasteiger partial charge in [-0.25, -0.2) is 4.98 Å². The third kappa shape index (κ3) is 4.77. The van der Waals surface area contributed by atoms with E-state index in [0.717, 1.165) is 28.9 Å². The Morgan fingerprint density at radius 1 is 1.15 bits per heavy atom. The summed E-state index contributed by atoms with van der Waals surface area (Å²) in [7, 11) is 5.68. The van der Waals surface area contributed by atoms with Crippen LogP contribution >= 0.6 is 22.9 Å². The Kier molecular flexibility index (Phi) is 6.31. The van der Waals surface area contributed by atoms with Gasteiger partial charge >= 0.3 is 0 Å². The number of rotatable bonds is 7. The van der Waals surface area contributed by atoms with Crippen LogP contribution in [0.2, 0.25) is 5.02 Å². The number of hydrogen-bond acceptors (Lipinski definition) is 5. The summed E-state index contributed by atoms with van der Waals surface area (Å²) in [6.07, 6.45) is 0.853. The molecule has 0 unspecified atom stereocenters. The molecule has 0 spiro atoms. The zero-order valence-electron chi connectivity index (χ0n) is 15.6. The summed E-state index contributed by atoms with van der Waals surface area (Å²) in [6.45, 7) is 1.49. The average Bonchev–Trinajstić information content (AvgIpc) is 3.07. The van der Waals surface area contributed by atoms with Crippen molar-refractivity contribution in [3.05, 3.63) is 53.1 Å². The number of aromatic nitrogens is 1. The molecule has 0 radical (unpaired) electrons. The van der Waals surface area contributed by atoms with Gasteiger partial charge in [0.1, 0.15) is 5.75 Å². The van der Waals surface area contributed by atoms with Gasteiger partial charge in [-0.15, -0.1) is 0 Å². The van der Waals surface area contributed by atoms with Gasteiger partial charge in [-0.3, -0.25) is 9.69 Å². The van der Waals surface area contributed by atoms with E-state index in [4.69, 9.17) is 16.3 Å². The second kappa shape index (κ2) is 8.69. The van der Waals surface area contributed by atoms with E-state index in [9.17, 15) is 4.79 Å². The number of thiazole rings is 1. The number of amides is 1. The fraction of sp³-hybridized carbons (Fsp3) is 0.300. The van der Waals surface area contributed by atoms with Crippen molar-refractivity contribution in [3.8, 4) is 5.75 Å². The van der Waals surface area contributed by atoms with E-state index in [0.29, 0.717) is 22.3 Å². The minimum Gasteiger partial charge on any atom is -0.497 e. The lowest BCUT2D eigenvalue weighted by molar-refractivity contribution is 0.0986. The number of fused-ring (bicyclic) bond motifs is 1. The molecule has 27 heavy (non-hydrogen) atoms. The Morgan fingerprint density at radius 2 is 1.89 bits per heavy atom. The molecule has 5 nitrogen and oxygen atoms in total. The normalized spacial score (nSPS) is 11.1. The zero-order valence-corrected chi connectivity index (χ0v) is 17.2. The molecule has 0 atom stereocenters. The minimum absolute atomic E-state index is 0.0727. The first-order chi connectivity index (χ1) is 13.0. The number of nitrogens with zero attached hydrogens (tertiary/aromatic N) is 3. The highest BCUT2D eigenvalue weighted by molar-refractivity contribution is 7.22. The van der Waals surface area contributed by atoms with Gasteiger partial charge < -0.3 is 9.64 Å². The average molecular weight is 404 g/mol. The Labute approximate surface area is 168 Å². The Bertz CT molecular complexity index is 925. The van der Waals surface area contributed by atoms with E-state index in [1.807, 2.05) is 32.3 Å². The number of halogens is 1. The lowest BCUT2D eigenvalue weighted by Gasteiger charge is -2.21. The van der Waals surface area contributed by atoms with Crippen molar-refractivity contribution in [3.63, 3.8) is 0 Å². The highest BCUT2D eigenvalue weighted by Gasteiger charge is 2.21. The molecule has 0 N–H and O–H groups in total. The van der Waals surface area contributed by atoms with Gasteiger partial charge in [-0.2, -0.15) is 0 Å². The lowest BCUT2D eigenvalue weighted by atomic mass is 10.2. The summed E-state index contributed by atoms with van der Waals surface area (Å²) in [5.41, 5.74) is 1.43. The number of carbonyl (C=O) groups is 1. The number of methoxy groups -OCH3 is 1. The van der Waals surface area contributed by atoms with Crippen molar-refractivity contribution in [2.24, 2.45) is 0 Å². The maximum Gasteiger partial charge on any atom is 0.260 e. The van der Waals surface area contributed by atoms with E-state index in [2.05, 4.69) is 9.88 Å². The van der Waals surface area contributed by atoms with Crippen LogP contribution in [0.3, 0.4) is 0 Å². The maximum atomic E-state index is 13.1. The third-order valence-corrected chi connectivity index (χ3v) is 5.45. The molecule has 1 amide bonds. The molecule has 2 aromatic carbocycles. The highest BCUT2D eigenvalue weighted by Crippen LogP contribution is 2.32. The molecule has 7 heteroatoms. The molecule has 3 rings (SSSR count). The van der Waals surface area contributed by atoms with Crippen LogP contribution < -0.4 is 9.64 Å². The number of hydrogen-bond donors (Lipinski definition) is 0. The second-order valence-electron chi connectivity index (χ2n) is 6.45. The molecule has 0 saturated carbocycles. The number of anilines is 1. The monoisotopic (exact) mass is 403 g/mol. The third-order valence-electron chi connectivity index (χ3n) is 4.14. The zero-order chi connectivity index (χ0) is 19.4. The predicted octanol–water partition coefficient (Wildman–Crippen LogP) is 4.56. The molecule has 0 bridgehead atoms. The first-order valence-electron chi connectivity index (χ1n) is 8.64. The molecule has 0 saturated heterocycles. The van der Waals surface area contributed by atoms with Gasteiger partial charge in [0.15, 0.2) is 5.13 Å². The largest absolute Gasteiger partial charge is 0.497 e. The van der Waals surface area contributed by atoms with Crippen LogP contribution in [0.5, 0.6) is 5.75 Å². The standard InChI is InChI=1S/C20H22ClN3O2S/c1-23(2)11-4-12-24(19(25)14-5-7-15(21)8-6-14)20-22-17-13-16(26-3)9-10-18(17)27-20/h5-10,13H,4,11-12H2,1-3H3. The minimum atomic E-state index is -0.0727. The second-order valence-corrected chi connectivity index (χ2v) is 7.90. The summed E-state index contributed by atoms with van der Waals surface area (Å²) in [4.78, 5) is 21.7. The van der Waals surface area contributed by atoms with E-state index in [1.165, 1.54) is 11.3 Å². The fourth-order valence-electron chi connectivity index (χ4n) is 2.71. The number of benzene rings is 2. The van der Waals surface area contributed by atoms with Gasteiger partial charge in [0.25, 0.3) is 5.91 Å². The van der Waals surface area contributed by atoms with Crippen LogP contribution in [-0.4, -0.2) is 50.1 Å². The molecule has 1 heterocycles. The van der Waals surface area contributed by atoms with Crippen molar-refractivity contribution in [1.82, 2.24) is 9.88 Å². The van der Waals surface area contributed by atoms with Gasteiger partial charge in [0.2, 0.25) is 0 Å². The van der Waals surface area contributed by atoms with E-state index < -0.39 is 0 Å². The first-order valence-corrected chi connectivity index (χ1v) is 9.84. The molecular weight excluding hydrogens is 382 g/mol. The van der Waals surface area contributed by atoms with E-state index in [1.54, 1.807) is 36.3 Å². The maximum absolute atomic E-state index is 13.1. The predicted molar refractivity (Wildman–Crippen MR) is 112 cm³/mol. The van der Waals surface area contributed by atoms with Gasteiger partial charge in [0, 0.05) is 23.2 Å². The smallest absolute Gasteiger partial charge is 0.260 e. The molecule has 3 aromatic rings. The molecule has 0 fully saturated rings. The topological polar surface area (TPSA) is 45.7 Å². The molecule has 1 aromatic heterocycles. The summed E-state index contributed by atoms with van der Waals surface area (Å²) >= 11 is 7.47. The number of carbonyl (C=O) groups excluding carboxylic acids is 1.